The summed E-state index contributed by atoms with van der Waals surface area (Å²) in [5, 5.41) is 8.97. The van der Waals surface area contributed by atoms with Crippen molar-refractivity contribution in [1.82, 2.24) is 0 Å². The summed E-state index contributed by atoms with van der Waals surface area (Å²) in [6, 6.07) is 17.6. The molecule has 0 aliphatic rings. The molecule has 3 heteroatoms. The van der Waals surface area contributed by atoms with Crippen LogP contribution in [0.5, 0.6) is 0 Å². The van der Waals surface area contributed by atoms with Gasteiger partial charge in [-0.15, -0.1) is 0 Å². The molecule has 0 amide bonds. The van der Waals surface area contributed by atoms with E-state index in [2.05, 4.69) is 15.9 Å². The standard InChI is InChI=1S/C15H10BrNO/c16-12-7-5-10(6-8-12)13-9-11-3-1-2-4-14(11)18-15(13)17/h1-9,17H. The first-order valence-corrected chi connectivity index (χ1v) is 6.37. The summed E-state index contributed by atoms with van der Waals surface area (Å²) >= 11 is 3.41. The Labute approximate surface area is 113 Å². The predicted molar refractivity (Wildman–Crippen MR) is 75.2 cm³/mol. The fourth-order valence-corrected chi connectivity index (χ4v) is 2.19. The average molecular weight is 300 g/mol. The van der Waals surface area contributed by atoms with Gasteiger partial charge >= 0.3 is 0 Å². The summed E-state index contributed by atoms with van der Waals surface area (Å²) < 4.78 is 6.56. The molecule has 0 atom stereocenters. The van der Waals surface area contributed by atoms with Crippen LogP contribution in [0.15, 0.2) is 63.5 Å². The Kier molecular flexibility index (Phi) is 2.76. The molecular formula is C15H10BrNO. The van der Waals surface area contributed by atoms with E-state index < -0.39 is 0 Å². The van der Waals surface area contributed by atoms with Gasteiger partial charge < -0.3 is 4.42 Å². The van der Waals surface area contributed by atoms with E-state index in [9.17, 15) is 0 Å². The van der Waals surface area contributed by atoms with Crippen LogP contribution in [-0.2, 0) is 0 Å². The van der Waals surface area contributed by atoms with Gasteiger partial charge in [0.15, 0.2) is 0 Å². The molecule has 0 saturated carbocycles. The molecule has 3 aromatic rings. The topological polar surface area (TPSA) is 37.0 Å². The number of halogens is 1. The van der Waals surface area contributed by atoms with Gasteiger partial charge in [0.05, 0.1) is 0 Å². The highest BCUT2D eigenvalue weighted by Crippen LogP contribution is 2.22. The third kappa shape index (κ3) is 1.97. The van der Waals surface area contributed by atoms with Crippen LogP contribution in [-0.4, -0.2) is 0 Å². The van der Waals surface area contributed by atoms with E-state index in [0.29, 0.717) is 0 Å². The van der Waals surface area contributed by atoms with Gasteiger partial charge in [0.25, 0.3) is 0 Å². The summed E-state index contributed by atoms with van der Waals surface area (Å²) in [6.45, 7) is 0. The van der Waals surface area contributed by atoms with E-state index in [4.69, 9.17) is 9.83 Å². The Morgan fingerprint density at radius 2 is 1.67 bits per heavy atom. The van der Waals surface area contributed by atoms with Crippen LogP contribution >= 0.6 is 15.9 Å². The second kappa shape index (κ2) is 4.42. The highest BCUT2D eigenvalue weighted by atomic mass is 79.9. The van der Waals surface area contributed by atoms with Crippen LogP contribution in [0.1, 0.15) is 0 Å². The lowest BCUT2D eigenvalue weighted by Gasteiger charge is -2.04. The van der Waals surface area contributed by atoms with Gasteiger partial charge in [0.1, 0.15) is 5.58 Å². The van der Waals surface area contributed by atoms with Gasteiger partial charge in [-0.05, 0) is 29.8 Å². The Balaban J connectivity index is 2.26. The highest BCUT2D eigenvalue weighted by Gasteiger charge is 2.04. The summed E-state index contributed by atoms with van der Waals surface area (Å²) in [5.74, 6) is 0. The molecule has 18 heavy (non-hydrogen) atoms. The van der Waals surface area contributed by atoms with E-state index in [1.807, 2.05) is 54.6 Å². The van der Waals surface area contributed by atoms with Crippen molar-refractivity contribution in [2.75, 3.05) is 0 Å². The number of hydrogen-bond acceptors (Lipinski definition) is 2. The maximum Gasteiger partial charge on any atom is 0.219 e. The highest BCUT2D eigenvalue weighted by molar-refractivity contribution is 9.10. The van der Waals surface area contributed by atoms with Crippen molar-refractivity contribution in [1.29, 1.82) is 5.41 Å². The van der Waals surface area contributed by atoms with Crippen molar-refractivity contribution in [3.63, 3.8) is 0 Å². The minimum absolute atomic E-state index is 0.191. The minimum Gasteiger partial charge on any atom is -0.438 e. The van der Waals surface area contributed by atoms with Crippen LogP contribution in [0.4, 0.5) is 0 Å². The van der Waals surface area contributed by atoms with Gasteiger partial charge in [0, 0.05) is 15.4 Å². The van der Waals surface area contributed by atoms with Crippen molar-refractivity contribution in [2.24, 2.45) is 0 Å². The van der Waals surface area contributed by atoms with Crippen LogP contribution in [0, 0.1) is 5.41 Å². The van der Waals surface area contributed by atoms with Crippen molar-refractivity contribution in [2.45, 2.75) is 0 Å². The van der Waals surface area contributed by atoms with Gasteiger partial charge in [-0.1, -0.05) is 46.3 Å². The summed E-state index contributed by atoms with van der Waals surface area (Å²) in [6.07, 6.45) is 0. The molecule has 0 saturated heterocycles. The molecule has 0 unspecified atom stereocenters. The van der Waals surface area contributed by atoms with Crippen LogP contribution < -0.4 is 5.55 Å². The number of benzene rings is 2. The zero-order valence-electron chi connectivity index (χ0n) is 9.48. The normalized spacial score (nSPS) is 10.7. The van der Waals surface area contributed by atoms with Gasteiger partial charge in [-0.3, -0.25) is 5.41 Å². The molecule has 88 valence electrons. The molecule has 1 N–H and O–H groups in total. The monoisotopic (exact) mass is 299 g/mol. The van der Waals surface area contributed by atoms with E-state index in [1.165, 1.54) is 0 Å². The quantitative estimate of drug-likeness (QED) is 0.713. The van der Waals surface area contributed by atoms with Crippen molar-refractivity contribution >= 4 is 26.9 Å². The predicted octanol–water partition coefficient (Wildman–Crippen LogP) is 4.34. The Morgan fingerprint density at radius 3 is 2.44 bits per heavy atom. The van der Waals surface area contributed by atoms with E-state index in [0.717, 1.165) is 26.6 Å². The third-order valence-electron chi connectivity index (χ3n) is 2.83. The average Bonchev–Trinajstić information content (AvgIpc) is 2.39. The third-order valence-corrected chi connectivity index (χ3v) is 3.36. The first-order chi connectivity index (χ1) is 8.74. The fraction of sp³-hybridized carbons (Fsp3) is 0. The molecule has 0 fully saturated rings. The maximum absolute atomic E-state index is 7.97. The van der Waals surface area contributed by atoms with E-state index in [1.54, 1.807) is 0 Å². The van der Waals surface area contributed by atoms with Gasteiger partial charge in [0.2, 0.25) is 5.55 Å². The Morgan fingerprint density at radius 1 is 0.944 bits per heavy atom. The maximum atomic E-state index is 7.97. The number of rotatable bonds is 1. The van der Waals surface area contributed by atoms with Crippen molar-refractivity contribution < 1.29 is 4.42 Å². The van der Waals surface area contributed by atoms with Crippen LogP contribution in [0.3, 0.4) is 0 Å². The molecular weight excluding hydrogens is 290 g/mol. The molecule has 0 spiro atoms. The lowest BCUT2D eigenvalue weighted by molar-refractivity contribution is 0.536. The van der Waals surface area contributed by atoms with Crippen molar-refractivity contribution in [3.05, 3.63) is 64.6 Å². The molecule has 2 nitrogen and oxygen atoms in total. The molecule has 0 radical (unpaired) electrons. The second-order valence-corrected chi connectivity index (χ2v) is 4.95. The van der Waals surface area contributed by atoms with Gasteiger partial charge in [-0.25, -0.2) is 0 Å². The van der Waals surface area contributed by atoms with Gasteiger partial charge in [-0.2, -0.15) is 0 Å². The molecule has 0 aliphatic heterocycles. The van der Waals surface area contributed by atoms with Crippen LogP contribution in [0.25, 0.3) is 22.1 Å². The van der Waals surface area contributed by atoms with E-state index in [-0.39, 0.29) is 5.55 Å². The largest absolute Gasteiger partial charge is 0.438 e. The minimum atomic E-state index is 0.191. The molecule has 2 aromatic carbocycles. The summed E-state index contributed by atoms with van der Waals surface area (Å²) in [4.78, 5) is 0. The smallest absolute Gasteiger partial charge is 0.219 e. The fourth-order valence-electron chi connectivity index (χ4n) is 1.92. The number of para-hydroxylation sites is 1. The lowest BCUT2D eigenvalue weighted by Crippen LogP contribution is -2.02. The summed E-state index contributed by atoms with van der Waals surface area (Å²) in [7, 11) is 0. The van der Waals surface area contributed by atoms with Crippen molar-refractivity contribution in [3.8, 4) is 11.1 Å². The summed E-state index contributed by atoms with van der Waals surface area (Å²) in [5.41, 5.74) is 2.72. The van der Waals surface area contributed by atoms with Crippen LogP contribution in [0.2, 0.25) is 0 Å². The Bertz CT molecular complexity index is 759. The zero-order chi connectivity index (χ0) is 12.5. The molecule has 0 aliphatic carbocycles. The first kappa shape index (κ1) is 11.2. The zero-order valence-corrected chi connectivity index (χ0v) is 11.1. The number of hydrogen-bond donors (Lipinski definition) is 1. The Hall–Kier alpha value is -1.87. The number of nitrogens with one attached hydrogen (secondary N) is 1. The lowest BCUT2D eigenvalue weighted by atomic mass is 10.1. The second-order valence-electron chi connectivity index (χ2n) is 4.03. The molecule has 1 aromatic heterocycles. The molecule has 0 bridgehead atoms. The number of fused-ring (bicyclic) bond motifs is 1. The molecule has 1 heterocycles. The first-order valence-electron chi connectivity index (χ1n) is 5.57. The SMILES string of the molecule is N=c1oc2ccccc2cc1-c1ccc(Br)cc1. The molecule has 3 rings (SSSR count). The van der Waals surface area contributed by atoms with E-state index >= 15 is 0 Å².